The van der Waals surface area contributed by atoms with Crippen molar-refractivity contribution in [1.82, 2.24) is 0 Å². The lowest BCUT2D eigenvalue weighted by molar-refractivity contribution is 0.185. The van der Waals surface area contributed by atoms with Gasteiger partial charge in [-0.3, -0.25) is 0 Å². The van der Waals surface area contributed by atoms with Gasteiger partial charge in [0.1, 0.15) is 0 Å². The van der Waals surface area contributed by atoms with Gasteiger partial charge in [-0.2, -0.15) is 0 Å². The number of hydrogen-bond acceptors (Lipinski definition) is 1. The van der Waals surface area contributed by atoms with E-state index in [1.807, 2.05) is 0 Å². The molecule has 1 heteroatoms. The number of aliphatic hydroxyl groups excluding tert-OH is 1. The minimum atomic E-state index is -0.0781. The van der Waals surface area contributed by atoms with Crippen molar-refractivity contribution in [3.8, 4) is 0 Å². The van der Waals surface area contributed by atoms with Crippen LogP contribution in [-0.2, 0) is 0 Å². The van der Waals surface area contributed by atoms with E-state index in [1.54, 1.807) is 0 Å². The molecule has 1 unspecified atom stereocenters. The van der Waals surface area contributed by atoms with Gasteiger partial charge in [0.2, 0.25) is 0 Å². The van der Waals surface area contributed by atoms with E-state index in [0.717, 1.165) is 18.8 Å². The zero-order chi connectivity index (χ0) is 8.27. The van der Waals surface area contributed by atoms with Crippen LogP contribution in [0.15, 0.2) is 11.6 Å². The fourth-order valence-electron chi connectivity index (χ4n) is 1.87. The Labute approximate surface area is 69.1 Å². The molecule has 0 saturated heterocycles. The molecule has 64 valence electrons. The van der Waals surface area contributed by atoms with Gasteiger partial charge in [0.25, 0.3) is 0 Å². The van der Waals surface area contributed by atoms with Crippen LogP contribution < -0.4 is 0 Å². The Hall–Kier alpha value is -0.300. The maximum absolute atomic E-state index is 9.29. The molecule has 1 atom stereocenters. The van der Waals surface area contributed by atoms with Crippen molar-refractivity contribution in [1.29, 1.82) is 0 Å². The first kappa shape index (κ1) is 8.79. The molecule has 0 aromatic heterocycles. The van der Waals surface area contributed by atoms with E-state index >= 15 is 0 Å². The Bertz CT molecular complexity index is 145. The molecule has 1 aliphatic rings. The summed E-state index contributed by atoms with van der Waals surface area (Å²) >= 11 is 0. The van der Waals surface area contributed by atoms with E-state index in [1.165, 1.54) is 18.4 Å². The topological polar surface area (TPSA) is 20.2 Å². The van der Waals surface area contributed by atoms with E-state index in [-0.39, 0.29) is 6.10 Å². The van der Waals surface area contributed by atoms with Crippen molar-refractivity contribution in [2.24, 2.45) is 5.92 Å². The zero-order valence-corrected chi connectivity index (χ0v) is 7.51. The summed E-state index contributed by atoms with van der Waals surface area (Å²) < 4.78 is 0. The lowest BCUT2D eigenvalue weighted by Gasteiger charge is -2.13. The summed E-state index contributed by atoms with van der Waals surface area (Å²) in [5.74, 6) is 0.729. The van der Waals surface area contributed by atoms with Gasteiger partial charge in [-0.1, -0.05) is 25.5 Å². The monoisotopic (exact) mass is 154 g/mol. The second kappa shape index (κ2) is 3.91. The minimum Gasteiger partial charge on any atom is -0.392 e. The Balaban J connectivity index is 2.46. The predicted octanol–water partition coefficient (Wildman–Crippen LogP) is 2.50. The van der Waals surface area contributed by atoms with E-state index < -0.39 is 0 Å². The average Bonchev–Trinajstić information content (AvgIpc) is 2.39. The molecule has 0 amide bonds. The zero-order valence-electron chi connectivity index (χ0n) is 7.51. The van der Waals surface area contributed by atoms with Crippen LogP contribution in [0.3, 0.4) is 0 Å². The van der Waals surface area contributed by atoms with Crippen molar-refractivity contribution in [2.45, 2.75) is 45.6 Å². The number of aliphatic hydroxyl groups is 1. The molecule has 1 aliphatic carbocycles. The molecule has 0 saturated carbocycles. The van der Waals surface area contributed by atoms with Crippen LogP contribution in [0, 0.1) is 5.92 Å². The third-order valence-electron chi connectivity index (χ3n) is 2.63. The first-order valence-corrected chi connectivity index (χ1v) is 4.64. The number of rotatable bonds is 3. The van der Waals surface area contributed by atoms with Crippen LogP contribution >= 0.6 is 0 Å². The summed E-state index contributed by atoms with van der Waals surface area (Å²) in [6, 6.07) is 0. The molecule has 0 bridgehead atoms. The highest BCUT2D eigenvalue weighted by atomic mass is 16.3. The molecule has 0 spiro atoms. The summed E-state index contributed by atoms with van der Waals surface area (Å²) in [5.41, 5.74) is 1.49. The van der Waals surface area contributed by atoms with Crippen LogP contribution in [-0.4, -0.2) is 11.2 Å². The minimum absolute atomic E-state index is 0.0781. The van der Waals surface area contributed by atoms with Gasteiger partial charge in [0, 0.05) is 0 Å². The molecule has 1 rings (SSSR count). The molecule has 0 radical (unpaired) electrons. The van der Waals surface area contributed by atoms with Gasteiger partial charge < -0.3 is 5.11 Å². The molecule has 0 heterocycles. The molecule has 1 N–H and O–H groups in total. The third kappa shape index (κ3) is 2.06. The average molecular weight is 154 g/mol. The molecule has 0 fully saturated rings. The Morgan fingerprint density at radius 1 is 1.55 bits per heavy atom. The van der Waals surface area contributed by atoms with Crippen molar-refractivity contribution in [3.05, 3.63) is 11.6 Å². The van der Waals surface area contributed by atoms with E-state index in [9.17, 15) is 5.11 Å². The van der Waals surface area contributed by atoms with E-state index in [4.69, 9.17) is 0 Å². The number of hydrogen-bond donors (Lipinski definition) is 1. The van der Waals surface area contributed by atoms with E-state index in [2.05, 4.69) is 19.9 Å². The van der Waals surface area contributed by atoms with Crippen LogP contribution in [0.4, 0.5) is 0 Å². The highest BCUT2D eigenvalue weighted by Crippen LogP contribution is 2.29. The Kier molecular flexibility index (Phi) is 3.13. The second-order valence-electron chi connectivity index (χ2n) is 3.39. The van der Waals surface area contributed by atoms with Crippen LogP contribution in [0.1, 0.15) is 39.5 Å². The van der Waals surface area contributed by atoms with Crippen molar-refractivity contribution >= 4 is 0 Å². The maximum Gasteiger partial charge on any atom is 0.0611 e. The first-order valence-electron chi connectivity index (χ1n) is 4.64. The summed E-state index contributed by atoms with van der Waals surface area (Å²) in [6.45, 7) is 4.44. The highest BCUT2D eigenvalue weighted by molar-refractivity contribution is 5.13. The fraction of sp³-hybridized carbons (Fsp3) is 0.800. The quantitative estimate of drug-likeness (QED) is 0.619. The van der Waals surface area contributed by atoms with Crippen LogP contribution in [0.5, 0.6) is 0 Å². The predicted molar refractivity (Wildman–Crippen MR) is 47.4 cm³/mol. The second-order valence-corrected chi connectivity index (χ2v) is 3.39. The first-order chi connectivity index (χ1) is 5.27. The van der Waals surface area contributed by atoms with Gasteiger partial charge in [-0.15, -0.1) is 0 Å². The maximum atomic E-state index is 9.29. The summed E-state index contributed by atoms with van der Waals surface area (Å²) in [7, 11) is 0. The molecular formula is C10H18O. The summed E-state index contributed by atoms with van der Waals surface area (Å²) in [5, 5.41) is 9.29. The van der Waals surface area contributed by atoms with Crippen LogP contribution in [0.25, 0.3) is 0 Å². The van der Waals surface area contributed by atoms with Gasteiger partial charge in [-0.25, -0.2) is 0 Å². The molecule has 1 nitrogen and oxygen atoms in total. The molecular weight excluding hydrogens is 136 g/mol. The fourth-order valence-corrected chi connectivity index (χ4v) is 1.87. The van der Waals surface area contributed by atoms with Gasteiger partial charge in [-0.05, 0) is 31.6 Å². The largest absolute Gasteiger partial charge is 0.392 e. The Morgan fingerprint density at radius 3 is 2.55 bits per heavy atom. The smallest absolute Gasteiger partial charge is 0.0611 e. The standard InChI is InChI=1S/C10H18O/c1-3-8(4-2)9-5-6-10(11)7-9/h5,8,10-11H,3-4,6-7H2,1-2H3. The molecule has 0 aromatic carbocycles. The normalized spacial score (nSPS) is 24.4. The molecule has 0 aromatic rings. The van der Waals surface area contributed by atoms with E-state index in [0.29, 0.717) is 0 Å². The Morgan fingerprint density at radius 2 is 2.18 bits per heavy atom. The summed E-state index contributed by atoms with van der Waals surface area (Å²) in [6.07, 6.45) is 6.38. The third-order valence-corrected chi connectivity index (χ3v) is 2.63. The summed E-state index contributed by atoms with van der Waals surface area (Å²) in [4.78, 5) is 0. The van der Waals surface area contributed by atoms with Gasteiger partial charge in [0.05, 0.1) is 6.10 Å². The molecule has 0 aliphatic heterocycles. The lowest BCUT2D eigenvalue weighted by atomic mass is 9.93. The van der Waals surface area contributed by atoms with Crippen molar-refractivity contribution in [3.63, 3.8) is 0 Å². The SMILES string of the molecule is CCC(CC)C1=CCC(O)C1. The lowest BCUT2D eigenvalue weighted by Crippen LogP contribution is -2.04. The highest BCUT2D eigenvalue weighted by Gasteiger charge is 2.18. The van der Waals surface area contributed by atoms with Crippen molar-refractivity contribution in [2.75, 3.05) is 0 Å². The van der Waals surface area contributed by atoms with Gasteiger partial charge >= 0.3 is 0 Å². The van der Waals surface area contributed by atoms with Gasteiger partial charge in [0.15, 0.2) is 0 Å². The van der Waals surface area contributed by atoms with Crippen LogP contribution in [0.2, 0.25) is 0 Å². The molecule has 11 heavy (non-hydrogen) atoms. The van der Waals surface area contributed by atoms with Crippen molar-refractivity contribution < 1.29 is 5.11 Å².